The summed E-state index contributed by atoms with van der Waals surface area (Å²) in [6.45, 7) is 0.0745. The van der Waals surface area contributed by atoms with Gasteiger partial charge in [0.2, 0.25) is 5.91 Å². The van der Waals surface area contributed by atoms with Crippen LogP contribution in [0.2, 0.25) is 0 Å². The van der Waals surface area contributed by atoms with Crippen LogP contribution in [0, 0.1) is 0 Å². The van der Waals surface area contributed by atoms with Crippen molar-refractivity contribution in [2.45, 2.75) is 61.9 Å². The van der Waals surface area contributed by atoms with Crippen LogP contribution in [0.15, 0.2) is 65.7 Å². The van der Waals surface area contributed by atoms with Crippen molar-refractivity contribution in [2.24, 2.45) is 12.8 Å². The number of piperidine rings is 1. The highest BCUT2D eigenvalue weighted by molar-refractivity contribution is 5.89. The summed E-state index contributed by atoms with van der Waals surface area (Å²) in [5.41, 5.74) is 7.54. The molecule has 2 aromatic carbocycles. The van der Waals surface area contributed by atoms with Gasteiger partial charge in [-0.3, -0.25) is 18.8 Å². The SMILES string of the molecule is Cn1nc2c(=O)n(CC3(O)CCN(C(=O)CC(c4ccccc4)C(F)(F)F)CC3)cnc2c1-c1ccc(C2(N)CC2)cc1. The summed E-state index contributed by atoms with van der Waals surface area (Å²) < 4.78 is 44.2. The molecule has 43 heavy (non-hydrogen) atoms. The number of hydrogen-bond acceptors (Lipinski definition) is 6. The average molecular weight is 595 g/mol. The predicted octanol–water partition coefficient (Wildman–Crippen LogP) is 3.83. The molecule has 0 bridgehead atoms. The molecule has 0 radical (unpaired) electrons. The minimum atomic E-state index is -4.57. The Morgan fingerprint density at radius 3 is 2.28 bits per heavy atom. The van der Waals surface area contributed by atoms with E-state index in [1.807, 2.05) is 24.3 Å². The van der Waals surface area contributed by atoms with E-state index >= 15 is 0 Å². The first-order valence-corrected chi connectivity index (χ1v) is 14.3. The van der Waals surface area contributed by atoms with Gasteiger partial charge in [-0.25, -0.2) is 4.98 Å². The van der Waals surface area contributed by atoms with Crippen LogP contribution in [-0.2, 0) is 23.9 Å². The standard InChI is InChI=1S/C31H33F3N6O3/c1-38-27(21-7-9-22(10-8-21)30(35)11-12-30)25-26(37-38)28(42)40(19-36-25)18-29(43)13-15-39(16-14-29)24(41)17-23(31(32,33)34)20-5-3-2-4-6-20/h2-10,19,23,43H,11-18,35H2,1H3. The van der Waals surface area contributed by atoms with E-state index in [1.54, 1.807) is 17.8 Å². The number of benzene rings is 2. The summed E-state index contributed by atoms with van der Waals surface area (Å²) in [5.74, 6) is -2.53. The third-order valence-corrected chi connectivity index (χ3v) is 8.82. The first kappa shape index (κ1) is 29.1. The summed E-state index contributed by atoms with van der Waals surface area (Å²) in [6.07, 6.45) is -1.78. The first-order valence-electron chi connectivity index (χ1n) is 14.3. The number of nitrogens with zero attached hydrogens (tertiary/aromatic N) is 5. The number of carbonyl (C=O) groups is 1. The molecular weight excluding hydrogens is 561 g/mol. The summed E-state index contributed by atoms with van der Waals surface area (Å²) in [6, 6.07) is 15.3. The van der Waals surface area contributed by atoms with Gasteiger partial charge in [-0.2, -0.15) is 18.3 Å². The van der Waals surface area contributed by atoms with Crippen LogP contribution in [0.4, 0.5) is 13.2 Å². The van der Waals surface area contributed by atoms with Crippen LogP contribution < -0.4 is 11.3 Å². The number of nitrogens with two attached hydrogens (primary N) is 1. The number of aromatic nitrogens is 4. The van der Waals surface area contributed by atoms with E-state index in [1.165, 1.54) is 40.1 Å². The molecule has 0 spiro atoms. The molecule has 1 unspecified atom stereocenters. The lowest BCUT2D eigenvalue weighted by molar-refractivity contribution is -0.162. The summed E-state index contributed by atoms with van der Waals surface area (Å²) >= 11 is 0. The van der Waals surface area contributed by atoms with Gasteiger partial charge < -0.3 is 15.7 Å². The molecule has 1 saturated heterocycles. The van der Waals surface area contributed by atoms with Crippen LogP contribution in [0.5, 0.6) is 0 Å². The Morgan fingerprint density at radius 2 is 1.67 bits per heavy atom. The Balaban J connectivity index is 1.15. The molecular formula is C31H33F3N6O3. The molecule has 1 atom stereocenters. The smallest absolute Gasteiger partial charge is 0.388 e. The van der Waals surface area contributed by atoms with Crippen molar-refractivity contribution in [3.8, 4) is 11.3 Å². The highest BCUT2D eigenvalue weighted by atomic mass is 19.4. The molecule has 12 heteroatoms. The van der Waals surface area contributed by atoms with Gasteiger partial charge >= 0.3 is 6.18 Å². The number of aliphatic hydroxyl groups is 1. The average Bonchev–Trinajstić information content (AvgIpc) is 3.64. The Labute approximate surface area is 245 Å². The zero-order chi connectivity index (χ0) is 30.6. The highest BCUT2D eigenvalue weighted by Gasteiger charge is 2.44. The number of rotatable bonds is 7. The van der Waals surface area contributed by atoms with E-state index in [2.05, 4.69) is 10.1 Å². The number of carbonyl (C=O) groups excluding carboxylic acids is 1. The summed E-state index contributed by atoms with van der Waals surface area (Å²) in [4.78, 5) is 32.2. The molecule has 3 N–H and O–H groups in total. The van der Waals surface area contributed by atoms with Crippen LogP contribution >= 0.6 is 0 Å². The Kier molecular flexibility index (Phi) is 7.16. The molecule has 1 aliphatic heterocycles. The zero-order valence-electron chi connectivity index (χ0n) is 23.7. The lowest BCUT2D eigenvalue weighted by Gasteiger charge is -2.39. The Hall–Kier alpha value is -4.03. The van der Waals surface area contributed by atoms with Crippen molar-refractivity contribution in [3.05, 3.63) is 82.4 Å². The van der Waals surface area contributed by atoms with Crippen LogP contribution in [-0.4, -0.2) is 60.1 Å². The fourth-order valence-electron chi connectivity index (χ4n) is 5.97. The van der Waals surface area contributed by atoms with Crippen molar-refractivity contribution >= 4 is 16.9 Å². The lowest BCUT2D eigenvalue weighted by Crippen LogP contribution is -2.50. The van der Waals surface area contributed by atoms with Gasteiger partial charge in [-0.15, -0.1) is 0 Å². The summed E-state index contributed by atoms with van der Waals surface area (Å²) in [5, 5.41) is 15.7. The molecule has 1 amide bonds. The Bertz CT molecular complexity index is 1700. The molecule has 6 rings (SSSR count). The second-order valence-corrected chi connectivity index (χ2v) is 11.9. The van der Waals surface area contributed by atoms with Gasteiger partial charge in [0, 0.05) is 37.7 Å². The highest BCUT2D eigenvalue weighted by Crippen LogP contribution is 2.43. The van der Waals surface area contributed by atoms with Crippen molar-refractivity contribution in [1.82, 2.24) is 24.2 Å². The van der Waals surface area contributed by atoms with Crippen LogP contribution in [0.25, 0.3) is 22.3 Å². The topological polar surface area (TPSA) is 119 Å². The van der Waals surface area contributed by atoms with Crippen LogP contribution in [0.3, 0.4) is 0 Å². The molecule has 226 valence electrons. The maximum atomic E-state index is 13.8. The second kappa shape index (κ2) is 10.6. The number of likely N-dealkylation sites (tertiary alicyclic amines) is 1. The molecule has 1 saturated carbocycles. The van der Waals surface area contributed by atoms with Crippen LogP contribution in [0.1, 0.15) is 49.1 Å². The van der Waals surface area contributed by atoms with Gasteiger partial charge in [0.25, 0.3) is 5.56 Å². The van der Waals surface area contributed by atoms with Crippen molar-refractivity contribution in [1.29, 1.82) is 0 Å². The fourth-order valence-corrected chi connectivity index (χ4v) is 5.97. The first-order chi connectivity index (χ1) is 20.4. The normalized spacial score (nSPS) is 18.5. The van der Waals surface area contributed by atoms with Gasteiger partial charge in [0.15, 0.2) is 5.52 Å². The lowest BCUT2D eigenvalue weighted by atomic mass is 9.90. The third-order valence-electron chi connectivity index (χ3n) is 8.82. The number of halogens is 3. The van der Waals surface area contributed by atoms with E-state index in [-0.39, 0.29) is 49.1 Å². The fraction of sp³-hybridized carbons (Fsp3) is 0.419. The van der Waals surface area contributed by atoms with Crippen molar-refractivity contribution in [2.75, 3.05) is 13.1 Å². The van der Waals surface area contributed by atoms with E-state index in [0.29, 0.717) is 11.2 Å². The number of amides is 1. The number of hydrogen-bond donors (Lipinski definition) is 2. The summed E-state index contributed by atoms with van der Waals surface area (Å²) in [7, 11) is 1.74. The third kappa shape index (κ3) is 5.68. The maximum Gasteiger partial charge on any atom is 0.396 e. The molecule has 2 fully saturated rings. The van der Waals surface area contributed by atoms with E-state index in [4.69, 9.17) is 5.73 Å². The number of fused-ring (bicyclic) bond motifs is 1. The van der Waals surface area contributed by atoms with Gasteiger partial charge in [-0.1, -0.05) is 54.6 Å². The van der Waals surface area contributed by atoms with Crippen molar-refractivity contribution in [3.63, 3.8) is 0 Å². The zero-order valence-corrected chi connectivity index (χ0v) is 23.7. The maximum absolute atomic E-state index is 13.8. The molecule has 4 aromatic rings. The monoisotopic (exact) mass is 594 g/mol. The quantitative estimate of drug-likeness (QED) is 0.336. The van der Waals surface area contributed by atoms with E-state index in [0.717, 1.165) is 24.0 Å². The molecule has 9 nitrogen and oxygen atoms in total. The predicted molar refractivity (Wildman–Crippen MR) is 154 cm³/mol. The van der Waals surface area contributed by atoms with Gasteiger partial charge in [0.05, 0.1) is 30.1 Å². The second-order valence-electron chi connectivity index (χ2n) is 11.9. The number of aryl methyl sites for hydroxylation is 1. The minimum absolute atomic E-state index is 0.0380. The molecule has 2 aliphatic rings. The van der Waals surface area contributed by atoms with Gasteiger partial charge in [-0.05, 0) is 36.8 Å². The number of alkyl halides is 3. The molecule has 2 aromatic heterocycles. The largest absolute Gasteiger partial charge is 0.396 e. The molecule has 3 heterocycles. The van der Waals surface area contributed by atoms with E-state index < -0.39 is 35.6 Å². The molecule has 1 aliphatic carbocycles. The van der Waals surface area contributed by atoms with Crippen molar-refractivity contribution < 1.29 is 23.1 Å². The Morgan fingerprint density at radius 1 is 1.02 bits per heavy atom. The van der Waals surface area contributed by atoms with E-state index in [9.17, 15) is 27.9 Å². The minimum Gasteiger partial charge on any atom is -0.388 e. The van der Waals surface area contributed by atoms with Gasteiger partial charge in [0.1, 0.15) is 5.52 Å².